The molecule has 220 valence electrons. The summed E-state index contributed by atoms with van der Waals surface area (Å²) in [6, 6.07) is 14.7. The van der Waals surface area contributed by atoms with Crippen LogP contribution in [-0.2, 0) is 20.8 Å². The number of hydrogen-bond donors (Lipinski definition) is 5. The normalized spacial score (nSPS) is 13.0. The van der Waals surface area contributed by atoms with E-state index >= 15 is 0 Å². The maximum Gasteiger partial charge on any atom is 0.324 e. The van der Waals surface area contributed by atoms with E-state index in [1.165, 1.54) is 11.8 Å². The highest BCUT2D eigenvalue weighted by atomic mass is 32.2. The Morgan fingerprint density at radius 1 is 0.976 bits per heavy atom. The van der Waals surface area contributed by atoms with Gasteiger partial charge in [-0.15, -0.1) is 0 Å². The fourth-order valence-electron chi connectivity index (χ4n) is 4.19. The van der Waals surface area contributed by atoms with E-state index in [1.54, 1.807) is 66.9 Å². The van der Waals surface area contributed by atoms with Gasteiger partial charge in [0.25, 0.3) is 0 Å². The number of ether oxygens (including phenoxy) is 2. The second kappa shape index (κ2) is 14.7. The number of carbonyl (C=O) groups excluding carboxylic acids is 3. The number of benzene rings is 2. The summed E-state index contributed by atoms with van der Waals surface area (Å²) in [5, 5.41) is 20.4. The number of nitrogens with one attached hydrogen (secondary N) is 4. The van der Waals surface area contributed by atoms with Crippen LogP contribution in [-0.4, -0.2) is 58.7 Å². The summed E-state index contributed by atoms with van der Waals surface area (Å²) in [6.45, 7) is 0.0675. The average molecular weight is 594 g/mol. The number of carbonyl (C=O) groups is 4. The van der Waals surface area contributed by atoms with E-state index in [1.807, 2.05) is 6.26 Å². The van der Waals surface area contributed by atoms with Gasteiger partial charge in [0, 0.05) is 11.9 Å². The predicted molar refractivity (Wildman–Crippen MR) is 158 cm³/mol. The molecule has 2 aromatic carbocycles. The Balaban J connectivity index is 1.35. The minimum atomic E-state index is -1.09. The molecule has 0 aliphatic carbocycles. The lowest BCUT2D eigenvalue weighted by molar-refractivity contribution is -0.138. The van der Waals surface area contributed by atoms with E-state index in [4.69, 9.17) is 9.47 Å². The molecule has 0 spiro atoms. The lowest BCUT2D eigenvalue weighted by Crippen LogP contribution is -2.48. The number of rotatable bonds is 13. The first-order chi connectivity index (χ1) is 20.3. The molecule has 1 aromatic heterocycles. The highest BCUT2D eigenvalue weighted by molar-refractivity contribution is 7.98. The van der Waals surface area contributed by atoms with Gasteiger partial charge in [0.15, 0.2) is 11.5 Å². The van der Waals surface area contributed by atoms with Gasteiger partial charge in [-0.1, -0.05) is 24.3 Å². The Morgan fingerprint density at radius 2 is 1.76 bits per heavy atom. The van der Waals surface area contributed by atoms with Gasteiger partial charge in [-0.05, 0) is 66.0 Å². The van der Waals surface area contributed by atoms with Crippen LogP contribution in [0.5, 0.6) is 11.5 Å². The van der Waals surface area contributed by atoms with E-state index in [2.05, 4.69) is 26.3 Å². The molecular formula is C29H31N5O7S. The zero-order valence-electron chi connectivity index (χ0n) is 22.8. The van der Waals surface area contributed by atoms with Crippen LogP contribution in [0, 0.1) is 0 Å². The monoisotopic (exact) mass is 593 g/mol. The molecule has 0 radical (unpaired) electrons. The standard InChI is InChI=1S/C29H31N5O7S/c1-42-13-11-21(28(38)33-22(16-27(36)37)19-7-10-23-24(15-19)41-17-40-23)32-26(35)14-18-5-8-20(9-6-18)31-29(39)34-25-4-2-3-12-30-25/h2-10,12,15,21-22H,11,13-14,16-17H2,1H3,(H,32,35)(H,33,38)(H,36,37)(H2,30,31,34,39)/t21-,22-/m0/s1. The number of pyridine rings is 1. The Morgan fingerprint density at radius 3 is 2.48 bits per heavy atom. The molecule has 2 atom stereocenters. The molecule has 4 rings (SSSR count). The summed E-state index contributed by atoms with van der Waals surface area (Å²) < 4.78 is 10.7. The smallest absolute Gasteiger partial charge is 0.324 e. The Kier molecular flexibility index (Phi) is 10.6. The number of amides is 4. The number of aliphatic carboxylic acids is 1. The van der Waals surface area contributed by atoms with Crippen LogP contribution in [0.3, 0.4) is 0 Å². The molecule has 5 N–H and O–H groups in total. The van der Waals surface area contributed by atoms with Crippen LogP contribution in [0.15, 0.2) is 66.9 Å². The Labute approximate surface area is 246 Å². The molecule has 0 fully saturated rings. The number of anilines is 2. The molecule has 0 unspecified atom stereocenters. The topological polar surface area (TPSA) is 168 Å². The summed E-state index contributed by atoms with van der Waals surface area (Å²) in [4.78, 5) is 54.0. The van der Waals surface area contributed by atoms with Crippen molar-refractivity contribution in [1.82, 2.24) is 15.6 Å². The first kappa shape index (κ1) is 30.2. The zero-order chi connectivity index (χ0) is 29.9. The van der Waals surface area contributed by atoms with E-state index in [0.717, 1.165) is 0 Å². The van der Waals surface area contributed by atoms with Crippen LogP contribution in [0.1, 0.15) is 30.0 Å². The quantitative estimate of drug-likeness (QED) is 0.199. The van der Waals surface area contributed by atoms with E-state index < -0.39 is 30.0 Å². The van der Waals surface area contributed by atoms with Crippen LogP contribution < -0.4 is 30.7 Å². The summed E-state index contributed by atoms with van der Waals surface area (Å²) >= 11 is 1.53. The first-order valence-corrected chi connectivity index (χ1v) is 14.5. The highest BCUT2D eigenvalue weighted by Crippen LogP contribution is 2.35. The molecule has 42 heavy (non-hydrogen) atoms. The van der Waals surface area contributed by atoms with Crippen molar-refractivity contribution in [3.63, 3.8) is 0 Å². The van der Waals surface area contributed by atoms with Gasteiger partial charge in [-0.3, -0.25) is 19.7 Å². The third-order valence-electron chi connectivity index (χ3n) is 6.24. The Bertz CT molecular complexity index is 1410. The minimum Gasteiger partial charge on any atom is -0.481 e. The van der Waals surface area contributed by atoms with Crippen molar-refractivity contribution >= 4 is 47.1 Å². The number of hydrogen-bond acceptors (Lipinski definition) is 8. The largest absolute Gasteiger partial charge is 0.481 e. The summed E-state index contributed by atoms with van der Waals surface area (Å²) in [5.74, 6) is 0.0820. The molecule has 4 amide bonds. The van der Waals surface area contributed by atoms with Crippen molar-refractivity contribution in [1.29, 1.82) is 0 Å². The van der Waals surface area contributed by atoms with Gasteiger partial charge in [0.05, 0.1) is 18.9 Å². The van der Waals surface area contributed by atoms with Crippen LogP contribution in [0.25, 0.3) is 0 Å². The number of thioether (sulfide) groups is 1. The number of aromatic nitrogens is 1. The third kappa shape index (κ3) is 8.86. The minimum absolute atomic E-state index is 0.00414. The summed E-state index contributed by atoms with van der Waals surface area (Å²) in [7, 11) is 0. The number of urea groups is 1. The van der Waals surface area contributed by atoms with Gasteiger partial charge < -0.3 is 30.5 Å². The van der Waals surface area contributed by atoms with Crippen molar-refractivity contribution in [2.75, 3.05) is 29.4 Å². The third-order valence-corrected chi connectivity index (χ3v) is 6.88. The van der Waals surface area contributed by atoms with Crippen LogP contribution in [0.4, 0.5) is 16.3 Å². The molecule has 0 saturated heterocycles. The molecular weight excluding hydrogens is 562 g/mol. The summed E-state index contributed by atoms with van der Waals surface area (Å²) in [5.41, 5.74) is 1.75. The number of nitrogens with zero attached hydrogens (tertiary/aromatic N) is 1. The Hall–Kier alpha value is -4.78. The van der Waals surface area contributed by atoms with Crippen molar-refractivity contribution in [3.8, 4) is 11.5 Å². The van der Waals surface area contributed by atoms with E-state index in [-0.39, 0.29) is 25.5 Å². The van der Waals surface area contributed by atoms with Gasteiger partial charge >= 0.3 is 12.0 Å². The van der Waals surface area contributed by atoms with E-state index in [9.17, 15) is 24.3 Å². The van der Waals surface area contributed by atoms with Crippen LogP contribution in [0.2, 0.25) is 0 Å². The number of carboxylic acid groups (broad SMARTS) is 1. The van der Waals surface area contributed by atoms with Gasteiger partial charge in [-0.2, -0.15) is 11.8 Å². The molecule has 1 aliphatic rings. The van der Waals surface area contributed by atoms with Crippen molar-refractivity contribution in [3.05, 3.63) is 78.0 Å². The number of fused-ring (bicyclic) bond motifs is 1. The lowest BCUT2D eigenvalue weighted by atomic mass is 10.0. The maximum atomic E-state index is 13.3. The maximum absolute atomic E-state index is 13.3. The van der Waals surface area contributed by atoms with Gasteiger partial charge in [-0.25, -0.2) is 9.78 Å². The lowest BCUT2D eigenvalue weighted by Gasteiger charge is -2.23. The average Bonchev–Trinajstić information content (AvgIpc) is 3.44. The second-order valence-corrected chi connectivity index (χ2v) is 10.3. The second-order valence-electron chi connectivity index (χ2n) is 9.34. The van der Waals surface area contributed by atoms with Crippen molar-refractivity contribution in [2.24, 2.45) is 0 Å². The summed E-state index contributed by atoms with van der Waals surface area (Å²) in [6.07, 6.45) is 3.47. The van der Waals surface area contributed by atoms with Gasteiger partial charge in [0.1, 0.15) is 11.9 Å². The van der Waals surface area contributed by atoms with Gasteiger partial charge in [0.2, 0.25) is 18.6 Å². The predicted octanol–water partition coefficient (Wildman–Crippen LogP) is 3.57. The molecule has 1 aliphatic heterocycles. The number of carboxylic acids is 1. The SMILES string of the molecule is CSCC[C@H](NC(=O)Cc1ccc(NC(=O)Nc2ccccn2)cc1)C(=O)N[C@@H](CC(=O)O)c1ccc2c(c1)OCO2. The van der Waals surface area contributed by atoms with Crippen molar-refractivity contribution < 1.29 is 33.8 Å². The molecule has 3 aromatic rings. The molecule has 13 heteroatoms. The van der Waals surface area contributed by atoms with Crippen molar-refractivity contribution in [2.45, 2.75) is 31.3 Å². The fourth-order valence-corrected chi connectivity index (χ4v) is 4.66. The first-order valence-electron chi connectivity index (χ1n) is 13.1. The van der Waals surface area contributed by atoms with E-state index in [0.29, 0.717) is 46.3 Å². The fraction of sp³-hybridized carbons (Fsp3) is 0.276. The molecule has 12 nitrogen and oxygen atoms in total. The van der Waals surface area contributed by atoms with Crippen LogP contribution >= 0.6 is 11.8 Å². The molecule has 0 bridgehead atoms. The highest BCUT2D eigenvalue weighted by Gasteiger charge is 2.26. The molecule has 2 heterocycles. The molecule has 0 saturated carbocycles. The zero-order valence-corrected chi connectivity index (χ0v) is 23.6.